The van der Waals surface area contributed by atoms with Crippen LogP contribution >= 0.6 is 11.6 Å². The highest BCUT2D eigenvalue weighted by atomic mass is 35.5. The number of rotatable bonds is 6. The second kappa shape index (κ2) is 7.53. The molecule has 1 aliphatic rings. The number of hydrogen-bond acceptors (Lipinski definition) is 1. The van der Waals surface area contributed by atoms with Crippen LogP contribution in [0.3, 0.4) is 0 Å². The van der Waals surface area contributed by atoms with Crippen LogP contribution in [0.1, 0.15) is 36.9 Å². The summed E-state index contributed by atoms with van der Waals surface area (Å²) >= 11 is 6.25. The average molecular weight is 354 g/mol. The fourth-order valence-electron chi connectivity index (χ4n) is 3.94. The highest BCUT2D eigenvalue weighted by Crippen LogP contribution is 2.34. The summed E-state index contributed by atoms with van der Waals surface area (Å²) in [5.74, 6) is 0.959. The van der Waals surface area contributed by atoms with E-state index in [0.29, 0.717) is 0 Å². The Bertz CT molecular complexity index is 853. The lowest BCUT2D eigenvalue weighted by molar-refractivity contribution is 0.303. The number of fused-ring (bicyclic) bond motifs is 3. The van der Waals surface area contributed by atoms with Crippen LogP contribution in [0.4, 0.5) is 0 Å². The molecule has 1 aliphatic carbocycles. The van der Waals surface area contributed by atoms with Gasteiger partial charge in [0.2, 0.25) is 0 Å². The molecule has 1 heterocycles. The van der Waals surface area contributed by atoms with Gasteiger partial charge in [0.15, 0.2) is 0 Å². The molecule has 0 radical (unpaired) electrons. The van der Waals surface area contributed by atoms with E-state index in [1.165, 1.54) is 47.8 Å². The Balaban J connectivity index is 1.44. The van der Waals surface area contributed by atoms with Crippen molar-refractivity contribution in [2.45, 2.75) is 45.1 Å². The third-order valence-corrected chi connectivity index (χ3v) is 5.36. The highest BCUT2D eigenvalue weighted by Gasteiger charge is 2.19. The van der Waals surface area contributed by atoms with Crippen molar-refractivity contribution < 1.29 is 4.74 Å². The second-order valence-corrected chi connectivity index (χ2v) is 7.25. The van der Waals surface area contributed by atoms with Gasteiger partial charge >= 0.3 is 0 Å². The van der Waals surface area contributed by atoms with E-state index in [0.717, 1.165) is 36.8 Å². The standard InChI is InChI=1S/C22H24ClNO/c23-17-12-13-22-20(16-17)19-10-4-5-11-21(19)24(22)14-6-7-15-25-18-8-2-1-3-9-18/h1-3,8-9,12-13,16H,4-7,10-11,14-15H2. The smallest absolute Gasteiger partial charge is 0.119 e. The van der Waals surface area contributed by atoms with Crippen LogP contribution in [0, 0.1) is 0 Å². The van der Waals surface area contributed by atoms with Gasteiger partial charge in [0.1, 0.15) is 5.75 Å². The van der Waals surface area contributed by atoms with Crippen LogP contribution in [0.5, 0.6) is 5.75 Å². The molecule has 1 aromatic heterocycles. The Morgan fingerprint density at radius 3 is 2.68 bits per heavy atom. The van der Waals surface area contributed by atoms with E-state index >= 15 is 0 Å². The maximum atomic E-state index is 6.25. The molecule has 0 saturated heterocycles. The number of ether oxygens (including phenoxy) is 1. The van der Waals surface area contributed by atoms with Gasteiger partial charge in [0.25, 0.3) is 0 Å². The first kappa shape index (κ1) is 16.5. The van der Waals surface area contributed by atoms with Gasteiger partial charge in [-0.25, -0.2) is 0 Å². The Morgan fingerprint density at radius 1 is 0.960 bits per heavy atom. The van der Waals surface area contributed by atoms with Crippen molar-refractivity contribution in [2.75, 3.05) is 6.61 Å². The average Bonchev–Trinajstić information content (AvgIpc) is 2.96. The molecule has 0 saturated carbocycles. The van der Waals surface area contributed by atoms with E-state index in [9.17, 15) is 0 Å². The topological polar surface area (TPSA) is 14.2 Å². The number of benzene rings is 2. The molecule has 0 aliphatic heterocycles. The number of nitrogens with zero attached hydrogens (tertiary/aromatic N) is 1. The summed E-state index contributed by atoms with van der Waals surface area (Å²) in [7, 11) is 0. The van der Waals surface area contributed by atoms with Crippen molar-refractivity contribution in [3.63, 3.8) is 0 Å². The van der Waals surface area contributed by atoms with Crippen molar-refractivity contribution >= 4 is 22.5 Å². The summed E-state index contributed by atoms with van der Waals surface area (Å²) in [6, 6.07) is 16.4. The maximum absolute atomic E-state index is 6.25. The molecule has 3 heteroatoms. The minimum Gasteiger partial charge on any atom is -0.494 e. The molecule has 25 heavy (non-hydrogen) atoms. The maximum Gasteiger partial charge on any atom is 0.119 e. The molecular weight excluding hydrogens is 330 g/mol. The van der Waals surface area contributed by atoms with Crippen molar-refractivity contribution in [3.05, 3.63) is 64.8 Å². The Morgan fingerprint density at radius 2 is 1.80 bits per heavy atom. The molecule has 0 amide bonds. The first-order valence-corrected chi connectivity index (χ1v) is 9.68. The third kappa shape index (κ3) is 3.55. The molecule has 0 unspecified atom stereocenters. The second-order valence-electron chi connectivity index (χ2n) is 6.81. The Kier molecular flexibility index (Phi) is 4.98. The number of hydrogen-bond donors (Lipinski definition) is 0. The molecule has 0 bridgehead atoms. The van der Waals surface area contributed by atoms with Crippen LogP contribution in [-0.2, 0) is 19.4 Å². The van der Waals surface area contributed by atoms with Gasteiger partial charge in [-0.2, -0.15) is 0 Å². The van der Waals surface area contributed by atoms with E-state index in [1.807, 2.05) is 36.4 Å². The Labute approximate surface area is 154 Å². The molecule has 0 N–H and O–H groups in total. The number of unbranched alkanes of at least 4 members (excludes halogenated alkanes) is 1. The lowest BCUT2D eigenvalue weighted by atomic mass is 9.95. The minimum atomic E-state index is 0.775. The van der Waals surface area contributed by atoms with Gasteiger partial charge in [0, 0.05) is 28.2 Å². The number of aromatic nitrogens is 1. The van der Waals surface area contributed by atoms with Crippen molar-refractivity contribution in [1.29, 1.82) is 0 Å². The molecule has 0 atom stereocenters. The van der Waals surface area contributed by atoms with Crippen LogP contribution in [0.15, 0.2) is 48.5 Å². The van der Waals surface area contributed by atoms with Crippen LogP contribution in [-0.4, -0.2) is 11.2 Å². The monoisotopic (exact) mass is 353 g/mol. The van der Waals surface area contributed by atoms with Gasteiger partial charge in [-0.05, 0) is 74.4 Å². The fourth-order valence-corrected chi connectivity index (χ4v) is 4.11. The quantitative estimate of drug-likeness (QED) is 0.493. The lowest BCUT2D eigenvalue weighted by Gasteiger charge is -2.16. The van der Waals surface area contributed by atoms with E-state index in [4.69, 9.17) is 16.3 Å². The first-order valence-electron chi connectivity index (χ1n) is 9.30. The largest absolute Gasteiger partial charge is 0.494 e. The first-order chi connectivity index (χ1) is 12.3. The van der Waals surface area contributed by atoms with Gasteiger partial charge in [-0.1, -0.05) is 29.8 Å². The summed E-state index contributed by atoms with van der Waals surface area (Å²) < 4.78 is 8.34. The molecule has 2 nitrogen and oxygen atoms in total. The normalized spacial score (nSPS) is 13.8. The molecule has 0 spiro atoms. The predicted molar refractivity (Wildman–Crippen MR) is 105 cm³/mol. The lowest BCUT2D eigenvalue weighted by Crippen LogP contribution is -2.09. The number of aryl methyl sites for hydroxylation is 2. The summed E-state index contributed by atoms with van der Waals surface area (Å²) in [5.41, 5.74) is 4.41. The zero-order chi connectivity index (χ0) is 17.1. The highest BCUT2D eigenvalue weighted by molar-refractivity contribution is 6.31. The number of para-hydroxylation sites is 1. The molecule has 4 rings (SSSR count). The fraction of sp³-hybridized carbons (Fsp3) is 0.364. The SMILES string of the molecule is Clc1ccc2c(c1)c1c(n2CCCCOc2ccccc2)CCCC1. The zero-order valence-corrected chi connectivity index (χ0v) is 15.3. The molecular formula is C22H24ClNO. The summed E-state index contributed by atoms with van der Waals surface area (Å²) in [6.45, 7) is 1.84. The molecule has 130 valence electrons. The summed E-state index contributed by atoms with van der Waals surface area (Å²) in [5, 5.41) is 2.21. The Hall–Kier alpha value is -1.93. The minimum absolute atomic E-state index is 0.775. The zero-order valence-electron chi connectivity index (χ0n) is 14.5. The predicted octanol–water partition coefficient (Wildman–Crippen LogP) is 6.03. The molecule has 2 aromatic carbocycles. The van der Waals surface area contributed by atoms with Crippen molar-refractivity contribution in [1.82, 2.24) is 4.57 Å². The van der Waals surface area contributed by atoms with Gasteiger partial charge in [-0.15, -0.1) is 0 Å². The van der Waals surface area contributed by atoms with Crippen LogP contribution in [0.2, 0.25) is 5.02 Å². The van der Waals surface area contributed by atoms with Crippen LogP contribution in [0.25, 0.3) is 10.9 Å². The van der Waals surface area contributed by atoms with Gasteiger partial charge < -0.3 is 9.30 Å². The molecule has 0 fully saturated rings. The van der Waals surface area contributed by atoms with E-state index in [2.05, 4.69) is 16.7 Å². The summed E-state index contributed by atoms with van der Waals surface area (Å²) in [4.78, 5) is 0. The molecule has 3 aromatic rings. The third-order valence-electron chi connectivity index (χ3n) is 5.13. The summed E-state index contributed by atoms with van der Waals surface area (Å²) in [6.07, 6.45) is 7.18. The number of halogens is 1. The van der Waals surface area contributed by atoms with Crippen LogP contribution < -0.4 is 4.74 Å². The van der Waals surface area contributed by atoms with E-state index in [-0.39, 0.29) is 0 Å². The van der Waals surface area contributed by atoms with E-state index in [1.54, 1.807) is 0 Å². The van der Waals surface area contributed by atoms with Gasteiger partial charge in [-0.3, -0.25) is 0 Å². The van der Waals surface area contributed by atoms with Crippen molar-refractivity contribution in [3.8, 4) is 5.75 Å². The van der Waals surface area contributed by atoms with Gasteiger partial charge in [0.05, 0.1) is 6.61 Å². The van der Waals surface area contributed by atoms with Crippen molar-refractivity contribution in [2.24, 2.45) is 0 Å². The van der Waals surface area contributed by atoms with E-state index < -0.39 is 0 Å².